The number of nitrogens with zero attached hydrogens (tertiary/aromatic N) is 1. The summed E-state index contributed by atoms with van der Waals surface area (Å²) in [5, 5.41) is 8.84. The monoisotopic (exact) mass is 149 g/mol. The second-order valence-corrected chi connectivity index (χ2v) is 2.40. The van der Waals surface area contributed by atoms with E-state index in [1.165, 1.54) is 0 Å². The molecule has 56 valence electrons. The van der Waals surface area contributed by atoms with Crippen LogP contribution in [0.1, 0.15) is 12.8 Å². The molecule has 0 aromatic carbocycles. The lowest BCUT2D eigenvalue weighted by Gasteiger charge is -2.38. The largest absolute Gasteiger partial charge is 0.368 e. The first kappa shape index (κ1) is 7.31. The van der Waals surface area contributed by atoms with Gasteiger partial charge < -0.3 is 5.11 Å². The van der Waals surface area contributed by atoms with E-state index in [4.69, 9.17) is 5.11 Å². The number of rotatable bonds is 1. The molecule has 5 heteroatoms. The van der Waals surface area contributed by atoms with E-state index in [0.717, 1.165) is 6.08 Å². The van der Waals surface area contributed by atoms with E-state index in [-0.39, 0.29) is 0 Å². The predicted molar refractivity (Wildman–Crippen MR) is 27.3 cm³/mol. The molecule has 1 N–H and O–H groups in total. The summed E-state index contributed by atoms with van der Waals surface area (Å²) in [7, 11) is 0. The SMILES string of the molecule is O=C=NC1(O)CC(F)(F)C1. The molecule has 0 amide bonds. The minimum absolute atomic E-state index is 0.769. The van der Waals surface area contributed by atoms with Crippen LogP contribution < -0.4 is 0 Å². The highest BCUT2D eigenvalue weighted by Gasteiger charge is 2.56. The van der Waals surface area contributed by atoms with Crippen LogP contribution in [0.3, 0.4) is 0 Å². The first-order valence-electron chi connectivity index (χ1n) is 2.67. The molecule has 3 nitrogen and oxygen atoms in total. The zero-order valence-corrected chi connectivity index (χ0v) is 4.97. The smallest absolute Gasteiger partial charge is 0.257 e. The number of isocyanates is 1. The molecule has 0 saturated heterocycles. The molecule has 1 fully saturated rings. The molecule has 0 aromatic heterocycles. The second-order valence-electron chi connectivity index (χ2n) is 2.40. The minimum Gasteiger partial charge on any atom is -0.368 e. The average molecular weight is 149 g/mol. The average Bonchev–Trinajstić information content (AvgIpc) is 1.58. The van der Waals surface area contributed by atoms with Crippen LogP contribution in [0.5, 0.6) is 0 Å². The van der Waals surface area contributed by atoms with Crippen LogP contribution in [-0.4, -0.2) is 22.8 Å². The number of aliphatic hydroxyl groups is 1. The van der Waals surface area contributed by atoms with Gasteiger partial charge in [0.2, 0.25) is 6.08 Å². The third-order valence-corrected chi connectivity index (χ3v) is 1.34. The Morgan fingerprint density at radius 1 is 1.50 bits per heavy atom. The Bertz CT molecular complexity index is 190. The molecule has 0 atom stereocenters. The highest BCUT2D eigenvalue weighted by atomic mass is 19.3. The van der Waals surface area contributed by atoms with Gasteiger partial charge in [0.1, 0.15) is 0 Å². The number of hydrogen-bond donors (Lipinski definition) is 1. The summed E-state index contributed by atoms with van der Waals surface area (Å²) in [4.78, 5) is 12.4. The summed E-state index contributed by atoms with van der Waals surface area (Å²) in [6, 6.07) is 0. The van der Waals surface area contributed by atoms with Crippen LogP contribution in [0.2, 0.25) is 0 Å². The van der Waals surface area contributed by atoms with E-state index in [9.17, 15) is 13.6 Å². The van der Waals surface area contributed by atoms with Crippen molar-refractivity contribution in [1.29, 1.82) is 0 Å². The molecule has 0 spiro atoms. The van der Waals surface area contributed by atoms with E-state index in [1.54, 1.807) is 0 Å². The molecule has 0 unspecified atom stereocenters. The van der Waals surface area contributed by atoms with Crippen LogP contribution in [0.25, 0.3) is 0 Å². The van der Waals surface area contributed by atoms with Gasteiger partial charge in [-0.2, -0.15) is 4.99 Å². The summed E-state index contributed by atoms with van der Waals surface area (Å²) < 4.78 is 24.0. The summed E-state index contributed by atoms with van der Waals surface area (Å²) in [6.07, 6.45) is -0.498. The first-order chi connectivity index (χ1) is 4.47. The van der Waals surface area contributed by atoms with Crippen molar-refractivity contribution in [3.8, 4) is 0 Å². The molecule has 0 bridgehead atoms. The van der Waals surface area contributed by atoms with Crippen molar-refractivity contribution in [1.82, 2.24) is 0 Å². The van der Waals surface area contributed by atoms with Gasteiger partial charge in [-0.3, -0.25) is 0 Å². The summed E-state index contributed by atoms with van der Waals surface area (Å²) in [5.74, 6) is -2.87. The van der Waals surface area contributed by atoms with Gasteiger partial charge in [0.25, 0.3) is 5.92 Å². The van der Waals surface area contributed by atoms with Gasteiger partial charge in [-0.15, -0.1) is 0 Å². The van der Waals surface area contributed by atoms with Gasteiger partial charge in [-0.05, 0) is 0 Å². The molecule has 1 aliphatic rings. The van der Waals surface area contributed by atoms with Crippen LogP contribution in [0, 0.1) is 0 Å². The van der Waals surface area contributed by atoms with Crippen LogP contribution in [-0.2, 0) is 4.79 Å². The minimum atomic E-state index is -2.87. The fourth-order valence-corrected chi connectivity index (χ4v) is 0.941. The van der Waals surface area contributed by atoms with Crippen molar-refractivity contribution in [3.63, 3.8) is 0 Å². The number of halogens is 2. The third kappa shape index (κ3) is 1.20. The summed E-state index contributed by atoms with van der Waals surface area (Å²) in [6.45, 7) is 0. The van der Waals surface area contributed by atoms with Crippen molar-refractivity contribution < 1.29 is 18.7 Å². The van der Waals surface area contributed by atoms with Gasteiger partial charge >= 0.3 is 0 Å². The maximum Gasteiger partial charge on any atom is 0.257 e. The number of carbonyl (C=O) groups excluding carboxylic acids is 1. The normalized spacial score (nSPS) is 26.3. The Balaban J connectivity index is 2.57. The quantitative estimate of drug-likeness (QED) is 0.434. The van der Waals surface area contributed by atoms with Crippen molar-refractivity contribution in [2.75, 3.05) is 0 Å². The molecule has 0 aliphatic heterocycles. The van der Waals surface area contributed by atoms with E-state index < -0.39 is 24.5 Å². The Hall–Kier alpha value is -0.800. The van der Waals surface area contributed by atoms with Crippen LogP contribution in [0.15, 0.2) is 4.99 Å². The van der Waals surface area contributed by atoms with E-state index in [0.29, 0.717) is 0 Å². The Morgan fingerprint density at radius 3 is 2.30 bits per heavy atom. The van der Waals surface area contributed by atoms with Crippen molar-refractivity contribution >= 4 is 6.08 Å². The molecule has 0 aromatic rings. The van der Waals surface area contributed by atoms with Gasteiger partial charge in [-0.1, -0.05) is 0 Å². The summed E-state index contributed by atoms with van der Waals surface area (Å²) >= 11 is 0. The van der Waals surface area contributed by atoms with Gasteiger partial charge in [0.15, 0.2) is 5.72 Å². The molecular formula is C5H5F2NO2. The van der Waals surface area contributed by atoms with Crippen molar-refractivity contribution in [3.05, 3.63) is 0 Å². The lowest BCUT2D eigenvalue weighted by molar-refractivity contribution is -0.199. The number of aliphatic imine (C=N–C) groups is 1. The molecule has 1 aliphatic carbocycles. The van der Waals surface area contributed by atoms with Gasteiger partial charge in [-0.25, -0.2) is 13.6 Å². The molecule has 0 radical (unpaired) electrons. The lowest BCUT2D eigenvalue weighted by atomic mass is 9.84. The van der Waals surface area contributed by atoms with Crippen LogP contribution in [0.4, 0.5) is 8.78 Å². The highest BCUT2D eigenvalue weighted by Crippen LogP contribution is 2.45. The Kier molecular flexibility index (Phi) is 1.34. The Morgan fingerprint density at radius 2 is 2.00 bits per heavy atom. The standard InChI is InChI=1S/C5H5F2NO2/c6-4(7)1-5(10,2-4)8-3-9/h10H,1-2H2. The highest BCUT2D eigenvalue weighted by molar-refractivity contribution is 5.35. The maximum absolute atomic E-state index is 12.0. The molecular weight excluding hydrogens is 144 g/mol. The molecule has 1 saturated carbocycles. The van der Waals surface area contributed by atoms with Crippen molar-refractivity contribution in [2.45, 2.75) is 24.5 Å². The molecule has 10 heavy (non-hydrogen) atoms. The topological polar surface area (TPSA) is 49.7 Å². The third-order valence-electron chi connectivity index (χ3n) is 1.34. The zero-order chi connectivity index (χ0) is 7.83. The van der Waals surface area contributed by atoms with Crippen molar-refractivity contribution in [2.24, 2.45) is 4.99 Å². The zero-order valence-electron chi connectivity index (χ0n) is 4.97. The second kappa shape index (κ2) is 1.84. The number of alkyl halides is 2. The van der Waals surface area contributed by atoms with E-state index >= 15 is 0 Å². The van der Waals surface area contributed by atoms with E-state index in [2.05, 4.69) is 4.99 Å². The predicted octanol–water partition coefficient (Wildman–Crippen LogP) is 0.440. The van der Waals surface area contributed by atoms with Gasteiger partial charge in [0, 0.05) is 0 Å². The van der Waals surface area contributed by atoms with Gasteiger partial charge in [0.05, 0.1) is 12.8 Å². The first-order valence-corrected chi connectivity index (χ1v) is 2.67. The summed E-state index contributed by atoms with van der Waals surface area (Å²) in [5.41, 5.74) is -1.84. The number of hydrogen-bond acceptors (Lipinski definition) is 3. The maximum atomic E-state index is 12.0. The Labute approximate surface area is 55.4 Å². The van der Waals surface area contributed by atoms with E-state index in [1.807, 2.05) is 0 Å². The molecule has 1 rings (SSSR count). The molecule has 0 heterocycles. The lowest BCUT2D eigenvalue weighted by Crippen LogP contribution is -2.50. The fourth-order valence-electron chi connectivity index (χ4n) is 0.941. The fraction of sp³-hybridized carbons (Fsp3) is 0.800. The van der Waals surface area contributed by atoms with Crippen LogP contribution >= 0.6 is 0 Å².